The van der Waals surface area contributed by atoms with Crippen LogP contribution in [0.3, 0.4) is 0 Å². The number of nitrogens with zero attached hydrogens (tertiary/aromatic N) is 2. The molecule has 4 heteroatoms. The van der Waals surface area contributed by atoms with Crippen LogP contribution in [0.1, 0.15) is 18.7 Å². The van der Waals surface area contributed by atoms with Gasteiger partial charge in [-0.25, -0.2) is 4.68 Å². The summed E-state index contributed by atoms with van der Waals surface area (Å²) >= 11 is 6.09. The van der Waals surface area contributed by atoms with Gasteiger partial charge in [-0.1, -0.05) is 23.7 Å². The van der Waals surface area contributed by atoms with Gasteiger partial charge in [-0.15, -0.1) is 0 Å². The Bertz CT molecular complexity index is 462. The van der Waals surface area contributed by atoms with Crippen molar-refractivity contribution in [2.75, 3.05) is 0 Å². The van der Waals surface area contributed by atoms with Crippen LogP contribution in [0.4, 0.5) is 0 Å². The lowest BCUT2D eigenvalue weighted by molar-refractivity contribution is 0.711. The van der Waals surface area contributed by atoms with E-state index in [-0.39, 0.29) is 6.04 Å². The first-order valence-corrected chi connectivity index (χ1v) is 5.12. The Hall–Kier alpha value is -1.32. The minimum atomic E-state index is -0.0660. The Kier molecular flexibility index (Phi) is 2.75. The molecule has 1 unspecified atom stereocenters. The van der Waals surface area contributed by atoms with Crippen molar-refractivity contribution in [1.82, 2.24) is 9.78 Å². The lowest BCUT2D eigenvalue weighted by Gasteiger charge is -2.11. The quantitative estimate of drug-likeness (QED) is 0.847. The van der Waals surface area contributed by atoms with E-state index >= 15 is 0 Å². The van der Waals surface area contributed by atoms with E-state index in [1.807, 2.05) is 37.3 Å². The molecule has 0 saturated heterocycles. The summed E-state index contributed by atoms with van der Waals surface area (Å²) in [7, 11) is 0. The average Bonchev–Trinajstić information content (AvgIpc) is 2.67. The minimum Gasteiger partial charge on any atom is -0.323 e. The highest BCUT2D eigenvalue weighted by Crippen LogP contribution is 2.22. The minimum absolute atomic E-state index is 0.0660. The molecule has 0 aliphatic carbocycles. The third-order valence-corrected chi connectivity index (χ3v) is 2.54. The predicted molar refractivity (Wildman–Crippen MR) is 61.2 cm³/mol. The summed E-state index contributed by atoms with van der Waals surface area (Å²) < 4.78 is 1.77. The maximum atomic E-state index is 6.09. The summed E-state index contributed by atoms with van der Waals surface area (Å²) in [6, 6.07) is 9.40. The van der Waals surface area contributed by atoms with Gasteiger partial charge in [0.1, 0.15) is 0 Å². The Morgan fingerprint density at radius 2 is 2.07 bits per heavy atom. The maximum absolute atomic E-state index is 6.09. The molecular formula is C11H12ClN3. The van der Waals surface area contributed by atoms with Gasteiger partial charge >= 0.3 is 0 Å². The van der Waals surface area contributed by atoms with Crippen molar-refractivity contribution in [2.24, 2.45) is 5.73 Å². The van der Waals surface area contributed by atoms with Gasteiger partial charge in [0.2, 0.25) is 0 Å². The molecule has 1 heterocycles. The maximum Gasteiger partial charge on any atom is 0.0835 e. The Morgan fingerprint density at radius 3 is 2.73 bits per heavy atom. The predicted octanol–water partition coefficient (Wildman–Crippen LogP) is 2.55. The highest BCUT2D eigenvalue weighted by molar-refractivity contribution is 6.32. The van der Waals surface area contributed by atoms with Crippen molar-refractivity contribution in [3.63, 3.8) is 0 Å². The van der Waals surface area contributed by atoms with Gasteiger partial charge in [-0.05, 0) is 25.1 Å². The van der Waals surface area contributed by atoms with Crippen LogP contribution in [0.25, 0.3) is 5.69 Å². The van der Waals surface area contributed by atoms with Gasteiger partial charge in [-0.2, -0.15) is 5.10 Å². The van der Waals surface area contributed by atoms with Crippen molar-refractivity contribution in [1.29, 1.82) is 0 Å². The van der Waals surface area contributed by atoms with Gasteiger partial charge < -0.3 is 5.73 Å². The molecule has 2 rings (SSSR count). The number of nitrogens with two attached hydrogens (primary N) is 1. The van der Waals surface area contributed by atoms with E-state index in [0.717, 1.165) is 11.4 Å². The largest absolute Gasteiger partial charge is 0.323 e. The van der Waals surface area contributed by atoms with Gasteiger partial charge in [-0.3, -0.25) is 0 Å². The number of benzene rings is 1. The van der Waals surface area contributed by atoms with E-state index < -0.39 is 0 Å². The monoisotopic (exact) mass is 221 g/mol. The Morgan fingerprint density at radius 1 is 1.33 bits per heavy atom. The number of aromatic nitrogens is 2. The van der Waals surface area contributed by atoms with Crippen molar-refractivity contribution < 1.29 is 0 Å². The van der Waals surface area contributed by atoms with E-state index in [1.165, 1.54) is 0 Å². The lowest BCUT2D eigenvalue weighted by Crippen LogP contribution is -2.12. The highest BCUT2D eigenvalue weighted by atomic mass is 35.5. The molecule has 0 spiro atoms. The van der Waals surface area contributed by atoms with Gasteiger partial charge in [0.15, 0.2) is 0 Å². The first-order chi connectivity index (χ1) is 7.20. The SMILES string of the molecule is CC(N)c1ccnn1-c1ccccc1Cl. The molecule has 0 bridgehead atoms. The highest BCUT2D eigenvalue weighted by Gasteiger charge is 2.10. The van der Waals surface area contributed by atoms with Crippen LogP contribution < -0.4 is 5.73 Å². The summed E-state index contributed by atoms with van der Waals surface area (Å²) in [5.74, 6) is 0. The number of halogens is 1. The Balaban J connectivity index is 2.55. The number of hydrogen-bond acceptors (Lipinski definition) is 2. The van der Waals surface area contributed by atoms with Gasteiger partial charge in [0.25, 0.3) is 0 Å². The number of rotatable bonds is 2. The van der Waals surface area contributed by atoms with Crippen molar-refractivity contribution in [2.45, 2.75) is 13.0 Å². The molecular weight excluding hydrogens is 210 g/mol. The zero-order valence-corrected chi connectivity index (χ0v) is 9.15. The van der Waals surface area contributed by atoms with E-state index in [0.29, 0.717) is 5.02 Å². The molecule has 0 amide bonds. The number of para-hydroxylation sites is 1. The van der Waals surface area contributed by atoms with E-state index in [2.05, 4.69) is 5.10 Å². The average molecular weight is 222 g/mol. The van der Waals surface area contributed by atoms with Gasteiger partial charge in [0, 0.05) is 12.2 Å². The first kappa shape index (κ1) is 10.2. The summed E-state index contributed by atoms with van der Waals surface area (Å²) in [5, 5.41) is 4.89. The van der Waals surface area contributed by atoms with Crippen LogP contribution in [0.5, 0.6) is 0 Å². The standard InChI is InChI=1S/C11H12ClN3/c1-8(13)10-6-7-14-15(10)11-5-3-2-4-9(11)12/h2-8H,13H2,1H3. The fourth-order valence-corrected chi connectivity index (χ4v) is 1.70. The summed E-state index contributed by atoms with van der Waals surface area (Å²) in [6.45, 7) is 1.92. The fourth-order valence-electron chi connectivity index (χ4n) is 1.48. The van der Waals surface area contributed by atoms with Gasteiger partial charge in [0.05, 0.1) is 16.4 Å². The summed E-state index contributed by atoms with van der Waals surface area (Å²) in [5.41, 5.74) is 7.65. The van der Waals surface area contributed by atoms with Crippen LogP contribution in [-0.2, 0) is 0 Å². The molecule has 1 atom stereocenters. The van der Waals surface area contributed by atoms with Crippen LogP contribution in [-0.4, -0.2) is 9.78 Å². The van der Waals surface area contributed by atoms with Crippen molar-refractivity contribution in [3.05, 3.63) is 47.2 Å². The van der Waals surface area contributed by atoms with Crippen LogP contribution >= 0.6 is 11.6 Å². The second-order valence-electron chi connectivity index (χ2n) is 3.41. The van der Waals surface area contributed by atoms with E-state index in [1.54, 1.807) is 10.9 Å². The summed E-state index contributed by atoms with van der Waals surface area (Å²) in [4.78, 5) is 0. The molecule has 15 heavy (non-hydrogen) atoms. The van der Waals surface area contributed by atoms with Crippen molar-refractivity contribution in [3.8, 4) is 5.69 Å². The van der Waals surface area contributed by atoms with E-state index in [9.17, 15) is 0 Å². The Labute approximate surface area is 93.5 Å². The third-order valence-electron chi connectivity index (χ3n) is 2.22. The van der Waals surface area contributed by atoms with Crippen molar-refractivity contribution >= 4 is 11.6 Å². The van der Waals surface area contributed by atoms with E-state index in [4.69, 9.17) is 17.3 Å². The molecule has 2 N–H and O–H groups in total. The molecule has 0 aliphatic heterocycles. The molecule has 3 nitrogen and oxygen atoms in total. The summed E-state index contributed by atoms with van der Waals surface area (Å²) in [6.07, 6.45) is 1.72. The fraction of sp³-hybridized carbons (Fsp3) is 0.182. The zero-order valence-electron chi connectivity index (χ0n) is 8.39. The molecule has 0 aliphatic rings. The molecule has 0 radical (unpaired) electrons. The van der Waals surface area contributed by atoms with Crippen LogP contribution in [0.15, 0.2) is 36.5 Å². The molecule has 2 aromatic rings. The molecule has 0 saturated carbocycles. The molecule has 78 valence electrons. The number of hydrogen-bond donors (Lipinski definition) is 1. The topological polar surface area (TPSA) is 43.8 Å². The normalized spacial score (nSPS) is 12.7. The molecule has 1 aromatic carbocycles. The lowest BCUT2D eigenvalue weighted by atomic mass is 10.2. The second kappa shape index (κ2) is 4.04. The first-order valence-electron chi connectivity index (χ1n) is 4.74. The molecule has 1 aromatic heterocycles. The zero-order chi connectivity index (χ0) is 10.8. The van der Waals surface area contributed by atoms with Crippen LogP contribution in [0, 0.1) is 0 Å². The van der Waals surface area contributed by atoms with Crippen LogP contribution in [0.2, 0.25) is 5.02 Å². The smallest absolute Gasteiger partial charge is 0.0835 e. The third kappa shape index (κ3) is 1.89. The second-order valence-corrected chi connectivity index (χ2v) is 3.82. The molecule has 0 fully saturated rings.